The summed E-state index contributed by atoms with van der Waals surface area (Å²) in [5.41, 5.74) is 11.1. The van der Waals surface area contributed by atoms with Crippen LogP contribution in [0.1, 0.15) is 163 Å². The highest BCUT2D eigenvalue weighted by molar-refractivity contribution is 6.34. The number of aromatic nitrogens is 12. The molecule has 3 saturated heterocycles. The Morgan fingerprint density at radius 2 is 0.773 bits per heavy atom. The van der Waals surface area contributed by atoms with Crippen molar-refractivity contribution < 1.29 is 41.1 Å². The predicted octanol–water partition coefficient (Wildman–Crippen LogP) is 16.1. The predicted molar refractivity (Wildman–Crippen MR) is 489 cm³/mol. The summed E-state index contributed by atoms with van der Waals surface area (Å²) >= 11 is 6.90. The van der Waals surface area contributed by atoms with Gasteiger partial charge in [0.05, 0.1) is 61.0 Å². The fraction of sp³-hybridized carbons (Fsp3) is 0.333. The van der Waals surface area contributed by atoms with Gasteiger partial charge in [-0.3, -0.25) is 34.1 Å². The van der Waals surface area contributed by atoms with Gasteiger partial charge < -0.3 is 35.1 Å². The molecular formula is C96H101ClF5N19O7. The molecule has 32 heteroatoms. The van der Waals surface area contributed by atoms with Crippen molar-refractivity contribution in [3.05, 3.63) is 264 Å². The molecule has 26 nitrogen and oxygen atoms in total. The summed E-state index contributed by atoms with van der Waals surface area (Å²) in [5.74, 6) is -2.64. The van der Waals surface area contributed by atoms with E-state index in [1.54, 1.807) is 88.7 Å². The van der Waals surface area contributed by atoms with E-state index in [1.165, 1.54) is 80.5 Å². The highest BCUT2D eigenvalue weighted by Crippen LogP contribution is 2.42. The molecule has 128 heavy (non-hydrogen) atoms. The third kappa shape index (κ3) is 17.6. The molecule has 6 unspecified atom stereocenters. The molecule has 664 valence electrons. The molecule has 4 amide bonds. The molecule has 12 heterocycles. The van der Waals surface area contributed by atoms with E-state index >= 15 is 13.2 Å². The molecule has 9 aromatic heterocycles. The number of hydrogen-bond acceptors (Lipinski definition) is 19. The molecular weight excluding hydrogens is 1660 g/mol. The summed E-state index contributed by atoms with van der Waals surface area (Å²) < 4.78 is 79.1. The first kappa shape index (κ1) is 92.1. The van der Waals surface area contributed by atoms with E-state index in [1.807, 2.05) is 125 Å². The summed E-state index contributed by atoms with van der Waals surface area (Å²) in [7, 11) is 0. The largest absolute Gasteiger partial charge is 0.366 e. The molecule has 12 aromatic rings. The maximum absolute atomic E-state index is 16.0. The van der Waals surface area contributed by atoms with E-state index in [2.05, 4.69) is 59.6 Å². The number of piperazine rings is 3. The normalized spacial score (nSPS) is 17.2. The van der Waals surface area contributed by atoms with Crippen LogP contribution in [0.3, 0.4) is 0 Å². The van der Waals surface area contributed by atoms with Crippen LogP contribution in [-0.4, -0.2) is 172 Å². The van der Waals surface area contributed by atoms with Crippen LogP contribution < -0.4 is 37.5 Å². The van der Waals surface area contributed by atoms with Gasteiger partial charge in [0, 0.05) is 122 Å². The zero-order valence-electron chi connectivity index (χ0n) is 74.2. The van der Waals surface area contributed by atoms with Gasteiger partial charge in [0.15, 0.2) is 16.9 Å². The number of nitrogens with zero attached hydrogens (tertiary/aromatic N) is 18. The van der Waals surface area contributed by atoms with Crippen molar-refractivity contribution >= 4 is 85.8 Å². The van der Waals surface area contributed by atoms with E-state index in [0.717, 1.165) is 22.3 Å². The van der Waals surface area contributed by atoms with Gasteiger partial charge in [0.2, 0.25) is 23.6 Å². The number of anilines is 3. The lowest BCUT2D eigenvalue weighted by molar-refractivity contribution is -0.129. The number of carbonyl (C=O) groups excluding carboxylic acids is 4. The third-order valence-electron chi connectivity index (χ3n) is 23.6. The number of halogens is 6. The zero-order valence-corrected chi connectivity index (χ0v) is 74.9. The first-order valence-corrected chi connectivity index (χ1v) is 42.6. The monoisotopic (exact) mass is 1760 g/mol. The highest BCUT2D eigenvalue weighted by atomic mass is 35.5. The first-order valence-electron chi connectivity index (χ1n) is 42.2. The van der Waals surface area contributed by atoms with E-state index in [9.17, 15) is 42.3 Å². The number of hydrogen-bond donors (Lipinski definition) is 1. The Labute approximate surface area is 742 Å². The van der Waals surface area contributed by atoms with E-state index in [4.69, 9.17) is 22.3 Å². The molecule has 3 aliphatic heterocycles. The summed E-state index contributed by atoms with van der Waals surface area (Å²) in [6, 6.07) is 25.0. The van der Waals surface area contributed by atoms with Gasteiger partial charge in [-0.15, -0.1) is 0 Å². The number of fused-ring (bicyclic) bond motifs is 3. The van der Waals surface area contributed by atoms with Crippen LogP contribution in [0.4, 0.5) is 39.4 Å². The van der Waals surface area contributed by atoms with Crippen molar-refractivity contribution in [2.45, 2.75) is 171 Å². The lowest BCUT2D eigenvalue weighted by Crippen LogP contribution is -2.58. The maximum atomic E-state index is 16.0. The van der Waals surface area contributed by atoms with Gasteiger partial charge >= 0.3 is 17.1 Å². The second kappa shape index (κ2) is 37.5. The standard InChI is InChI=1S/C32H34ClN7O3.C32H33F3N6O2.C32H34F2N6O2/c1-7-25(41)38-15-20(6)39(16-19(38)5)30-23-14-24(33)27(21-10-8-9-11-22(21)29(34)42)36-31(23)40(32(43)37-30)28-18(4)12-13-35-26(28)17(2)3;1-7-25(42)39-15-20(6)40(16-19(39)5)30-23-14-24(33)27(21-10-8-9-11-22(21)29(34)35)37-31(23)41(32(43)38-30)28-18(4)12-13-36-26(28)17(2)3;1-8-26(41)38-15-21(7)39(16-20(38)6)30-23-14-25(34)28(22-13-18(4)9-10-24(22)33)36-31(23)40(32(42)37-30)29-19(5)11-12-35-27(29)17(2)3/h7-14,17,19-20H,1,15-16H2,2-6H3,(H2,34,42);7-14,17,19-20,29H,1,15-16H2,2-6H3;8-14,17,20-21H,1,15-16H2,2-7H3. The molecule has 0 aliphatic carbocycles. The maximum Gasteiger partial charge on any atom is 0.355 e. The second-order valence-corrected chi connectivity index (χ2v) is 34.1. The molecule has 15 rings (SSSR count). The molecule has 3 aromatic carbocycles. The second-order valence-electron chi connectivity index (χ2n) is 33.7. The summed E-state index contributed by atoms with van der Waals surface area (Å²) in [6.07, 6.45) is 6.02. The number of carbonyl (C=O) groups is 4. The number of primary amides is 1. The Bertz CT molecular complexity index is 6660. The fourth-order valence-corrected chi connectivity index (χ4v) is 17.4. The van der Waals surface area contributed by atoms with Gasteiger partial charge in [-0.2, -0.15) is 15.0 Å². The Hall–Kier alpha value is -13.6. The Morgan fingerprint density at radius 1 is 0.430 bits per heavy atom. The quantitative estimate of drug-likeness (QED) is 0.0654. The number of nitrogens with two attached hydrogens (primary N) is 1. The van der Waals surface area contributed by atoms with E-state index < -0.39 is 46.9 Å². The van der Waals surface area contributed by atoms with Crippen molar-refractivity contribution in [3.63, 3.8) is 0 Å². The third-order valence-corrected chi connectivity index (χ3v) is 23.9. The number of rotatable bonds is 17. The van der Waals surface area contributed by atoms with Crippen LogP contribution in [0.5, 0.6) is 0 Å². The Morgan fingerprint density at radius 3 is 1.13 bits per heavy atom. The smallest absolute Gasteiger partial charge is 0.355 e. The minimum atomic E-state index is -2.87. The summed E-state index contributed by atoms with van der Waals surface area (Å²) in [6.45, 7) is 43.7. The van der Waals surface area contributed by atoms with Gasteiger partial charge in [-0.1, -0.05) is 127 Å². The van der Waals surface area contributed by atoms with Crippen molar-refractivity contribution in [1.29, 1.82) is 0 Å². The van der Waals surface area contributed by atoms with Crippen molar-refractivity contribution in [1.82, 2.24) is 73.3 Å². The number of pyridine rings is 6. The van der Waals surface area contributed by atoms with E-state index in [-0.39, 0.29) is 139 Å². The zero-order chi connectivity index (χ0) is 92.8. The van der Waals surface area contributed by atoms with Gasteiger partial charge in [0.1, 0.15) is 46.3 Å². The van der Waals surface area contributed by atoms with Gasteiger partial charge in [-0.05, 0) is 177 Å². The van der Waals surface area contributed by atoms with Crippen LogP contribution in [0.15, 0.2) is 174 Å². The lowest BCUT2D eigenvalue weighted by atomic mass is 10.0. The summed E-state index contributed by atoms with van der Waals surface area (Å²) in [5, 5.41) is 1.34. The molecule has 0 radical (unpaired) electrons. The minimum absolute atomic E-state index is 0.00250. The minimum Gasteiger partial charge on any atom is -0.366 e. The van der Waals surface area contributed by atoms with Crippen molar-refractivity contribution in [2.24, 2.45) is 5.73 Å². The number of aryl methyl sites for hydroxylation is 4. The van der Waals surface area contributed by atoms with Crippen molar-refractivity contribution in [3.8, 4) is 50.8 Å². The average Bonchev–Trinajstić information content (AvgIpc) is 0.739. The highest BCUT2D eigenvalue weighted by Gasteiger charge is 2.39. The lowest BCUT2D eigenvalue weighted by Gasteiger charge is -2.44. The van der Waals surface area contributed by atoms with E-state index in [0.29, 0.717) is 107 Å². The molecule has 2 N–H and O–H groups in total. The van der Waals surface area contributed by atoms with Crippen LogP contribution >= 0.6 is 11.6 Å². The van der Waals surface area contributed by atoms with Crippen LogP contribution in [0.2, 0.25) is 5.02 Å². The fourth-order valence-electron chi connectivity index (χ4n) is 17.2. The summed E-state index contributed by atoms with van der Waals surface area (Å²) in [4.78, 5) is 144. The number of amides is 4. The average molecular weight is 1760 g/mol. The Balaban J connectivity index is 0.000000164. The molecule has 3 fully saturated rings. The van der Waals surface area contributed by atoms with Crippen molar-refractivity contribution in [2.75, 3.05) is 54.0 Å². The first-order chi connectivity index (χ1) is 60.8. The number of benzene rings is 3. The molecule has 6 atom stereocenters. The Kier molecular flexibility index (Phi) is 27.0. The SMILES string of the molecule is C=CC(=O)N1CC(C)N(c2nc(=O)n(-c3c(C)ccnc3C(C)C)c3nc(-c4cc(C)ccc4F)c(F)cc23)CC1C.C=CC(=O)N1CC(C)N(c2nc(=O)n(-c3c(C)ccnc3C(C)C)c3nc(-c4ccccc4C(F)F)c(F)cc23)CC1C.C=CC(=O)N1CC(C)N(c2nc(=O)n(-c3c(C)ccnc3C(C)C)c3nc(-c4ccccc4C(N)=O)c(Cl)cc23)CC1C. The van der Waals surface area contributed by atoms with Crippen LogP contribution in [-0.2, 0) is 14.4 Å². The van der Waals surface area contributed by atoms with Gasteiger partial charge in [-0.25, -0.2) is 65.0 Å². The van der Waals surface area contributed by atoms with Gasteiger partial charge in [0.25, 0.3) is 6.43 Å². The molecule has 3 aliphatic rings. The van der Waals surface area contributed by atoms with Crippen LogP contribution in [0.25, 0.3) is 83.9 Å². The molecule has 0 bridgehead atoms. The topological polar surface area (TPSA) is 296 Å². The molecule has 0 saturated carbocycles. The number of alkyl halides is 2. The van der Waals surface area contributed by atoms with Crippen LogP contribution in [0, 0.1) is 45.1 Å². The molecule has 0 spiro atoms.